The first-order valence-electron chi connectivity index (χ1n) is 6.20. The molecule has 1 heteroatoms. The number of Topliss-reactive ketones (excluding diaryl/α,β-unsaturated/α-hetero) is 1. The lowest BCUT2D eigenvalue weighted by molar-refractivity contribution is -0.124. The Bertz CT molecular complexity index is 185. The van der Waals surface area contributed by atoms with Crippen molar-refractivity contribution in [3.05, 3.63) is 6.42 Å². The normalized spacial score (nSPS) is 25.4. The highest BCUT2D eigenvalue weighted by molar-refractivity contribution is 5.81. The largest absolute Gasteiger partial charge is 0.299 e. The minimum Gasteiger partial charge on any atom is -0.299 e. The molecule has 2 aliphatic carbocycles. The smallest absolute Gasteiger partial charge is 0.136 e. The standard InChI is InChI=1S/C13H21O/c14-13(10-11-6-4-5-7-11)12-8-2-1-3-9-12/h1,11-12H,2-10H2. The summed E-state index contributed by atoms with van der Waals surface area (Å²) < 4.78 is 0. The fourth-order valence-corrected chi connectivity index (χ4v) is 2.91. The molecule has 2 saturated carbocycles. The zero-order valence-corrected chi connectivity index (χ0v) is 9.00. The summed E-state index contributed by atoms with van der Waals surface area (Å²) in [6, 6.07) is 0. The quantitative estimate of drug-likeness (QED) is 0.670. The van der Waals surface area contributed by atoms with Crippen LogP contribution < -0.4 is 0 Å². The zero-order valence-electron chi connectivity index (χ0n) is 9.00. The Morgan fingerprint density at radius 3 is 2.36 bits per heavy atom. The summed E-state index contributed by atoms with van der Waals surface area (Å²) in [5, 5.41) is 0. The third kappa shape index (κ3) is 2.59. The first kappa shape index (κ1) is 10.2. The molecule has 0 bridgehead atoms. The second-order valence-corrected chi connectivity index (χ2v) is 4.96. The molecule has 2 rings (SSSR count). The molecule has 1 nitrogen and oxygen atoms in total. The lowest BCUT2D eigenvalue weighted by atomic mass is 9.83. The molecule has 0 heterocycles. The first-order chi connectivity index (χ1) is 6.86. The Morgan fingerprint density at radius 1 is 1.07 bits per heavy atom. The van der Waals surface area contributed by atoms with E-state index in [-0.39, 0.29) is 0 Å². The van der Waals surface area contributed by atoms with E-state index >= 15 is 0 Å². The maximum absolute atomic E-state index is 11.9. The number of hydrogen-bond acceptors (Lipinski definition) is 1. The van der Waals surface area contributed by atoms with Crippen LogP contribution in [0, 0.1) is 18.3 Å². The highest BCUT2D eigenvalue weighted by Crippen LogP contribution is 2.31. The predicted octanol–water partition coefficient (Wildman–Crippen LogP) is 3.53. The van der Waals surface area contributed by atoms with Gasteiger partial charge in [-0.2, -0.15) is 0 Å². The van der Waals surface area contributed by atoms with E-state index in [0.717, 1.165) is 25.2 Å². The maximum atomic E-state index is 11.9. The Hall–Kier alpha value is -0.330. The molecule has 0 aliphatic heterocycles. The predicted molar refractivity (Wildman–Crippen MR) is 57.8 cm³/mol. The average Bonchev–Trinajstić information content (AvgIpc) is 2.72. The van der Waals surface area contributed by atoms with Crippen LogP contribution in [0.4, 0.5) is 0 Å². The third-order valence-electron chi connectivity index (χ3n) is 3.86. The van der Waals surface area contributed by atoms with Crippen molar-refractivity contribution in [1.82, 2.24) is 0 Å². The van der Waals surface area contributed by atoms with Crippen molar-refractivity contribution < 1.29 is 4.79 Å². The van der Waals surface area contributed by atoms with Crippen molar-refractivity contribution in [2.75, 3.05) is 0 Å². The van der Waals surface area contributed by atoms with E-state index in [1.807, 2.05) is 0 Å². The SMILES string of the molecule is O=C(CC1CCCC1)C1CC[CH]CC1. The van der Waals surface area contributed by atoms with Gasteiger partial charge < -0.3 is 0 Å². The Labute approximate surface area is 87.3 Å². The van der Waals surface area contributed by atoms with Crippen LogP contribution in [-0.2, 0) is 4.79 Å². The molecular formula is C13H21O. The van der Waals surface area contributed by atoms with Crippen molar-refractivity contribution in [1.29, 1.82) is 0 Å². The molecule has 2 aliphatic rings. The molecule has 0 unspecified atom stereocenters. The van der Waals surface area contributed by atoms with Gasteiger partial charge in [-0.1, -0.05) is 25.7 Å². The molecule has 2 fully saturated rings. The van der Waals surface area contributed by atoms with Gasteiger partial charge in [-0.25, -0.2) is 0 Å². The van der Waals surface area contributed by atoms with Crippen LogP contribution in [0.5, 0.6) is 0 Å². The molecule has 0 saturated heterocycles. The number of ketones is 1. The molecular weight excluding hydrogens is 172 g/mol. The van der Waals surface area contributed by atoms with E-state index in [2.05, 4.69) is 6.42 Å². The molecule has 0 aromatic rings. The molecule has 79 valence electrons. The highest BCUT2D eigenvalue weighted by atomic mass is 16.1. The van der Waals surface area contributed by atoms with E-state index in [1.54, 1.807) is 0 Å². The van der Waals surface area contributed by atoms with Crippen molar-refractivity contribution in [3.63, 3.8) is 0 Å². The van der Waals surface area contributed by atoms with Gasteiger partial charge in [-0.15, -0.1) is 0 Å². The first-order valence-corrected chi connectivity index (χ1v) is 6.20. The fraction of sp³-hybridized carbons (Fsp3) is 0.846. The molecule has 0 N–H and O–H groups in total. The monoisotopic (exact) mass is 193 g/mol. The minimum absolute atomic E-state index is 0.417. The van der Waals surface area contributed by atoms with Crippen molar-refractivity contribution in [2.24, 2.45) is 11.8 Å². The maximum Gasteiger partial charge on any atom is 0.136 e. The van der Waals surface area contributed by atoms with E-state index in [4.69, 9.17) is 0 Å². The van der Waals surface area contributed by atoms with E-state index in [0.29, 0.717) is 11.7 Å². The van der Waals surface area contributed by atoms with Crippen molar-refractivity contribution in [2.45, 2.75) is 57.8 Å². The molecule has 14 heavy (non-hydrogen) atoms. The van der Waals surface area contributed by atoms with Gasteiger partial charge in [0.1, 0.15) is 5.78 Å². The van der Waals surface area contributed by atoms with Gasteiger partial charge in [0, 0.05) is 12.3 Å². The molecule has 0 atom stereocenters. The number of hydrogen-bond donors (Lipinski definition) is 0. The minimum atomic E-state index is 0.417. The van der Waals surface area contributed by atoms with Crippen LogP contribution in [0.2, 0.25) is 0 Å². The summed E-state index contributed by atoms with van der Waals surface area (Å²) in [4.78, 5) is 11.9. The number of carbonyl (C=O) groups is 1. The zero-order chi connectivity index (χ0) is 9.80. The summed E-state index contributed by atoms with van der Waals surface area (Å²) in [5.74, 6) is 1.74. The number of rotatable bonds is 3. The van der Waals surface area contributed by atoms with E-state index in [1.165, 1.54) is 38.5 Å². The summed E-state index contributed by atoms with van der Waals surface area (Å²) in [6.45, 7) is 0. The van der Waals surface area contributed by atoms with Crippen LogP contribution in [0.25, 0.3) is 0 Å². The van der Waals surface area contributed by atoms with Gasteiger partial charge in [0.05, 0.1) is 0 Å². The molecule has 1 radical (unpaired) electrons. The molecule has 0 spiro atoms. The van der Waals surface area contributed by atoms with Crippen LogP contribution in [0.1, 0.15) is 57.8 Å². The topological polar surface area (TPSA) is 17.1 Å². The second kappa shape index (κ2) is 4.95. The molecule has 0 amide bonds. The van der Waals surface area contributed by atoms with Crippen molar-refractivity contribution in [3.8, 4) is 0 Å². The van der Waals surface area contributed by atoms with E-state index < -0.39 is 0 Å². The lowest BCUT2D eigenvalue weighted by Gasteiger charge is -2.21. The second-order valence-electron chi connectivity index (χ2n) is 4.96. The lowest BCUT2D eigenvalue weighted by Crippen LogP contribution is -2.19. The highest BCUT2D eigenvalue weighted by Gasteiger charge is 2.25. The number of carbonyl (C=O) groups excluding carboxylic acids is 1. The van der Waals surface area contributed by atoms with Gasteiger partial charge in [0.25, 0.3) is 0 Å². The summed E-state index contributed by atoms with van der Waals surface area (Å²) in [5.41, 5.74) is 0. The Kier molecular flexibility index (Phi) is 3.61. The van der Waals surface area contributed by atoms with Gasteiger partial charge in [-0.05, 0) is 38.0 Å². The summed E-state index contributed by atoms with van der Waals surface area (Å²) >= 11 is 0. The van der Waals surface area contributed by atoms with Crippen LogP contribution >= 0.6 is 0 Å². The Balaban J connectivity index is 1.75. The summed E-state index contributed by atoms with van der Waals surface area (Å²) in [7, 11) is 0. The molecule has 0 aromatic carbocycles. The van der Waals surface area contributed by atoms with Crippen LogP contribution in [0.3, 0.4) is 0 Å². The third-order valence-corrected chi connectivity index (χ3v) is 3.86. The molecule has 0 aromatic heterocycles. The Morgan fingerprint density at radius 2 is 1.71 bits per heavy atom. The summed E-state index contributed by atoms with van der Waals surface area (Å²) in [6.07, 6.45) is 13.2. The van der Waals surface area contributed by atoms with E-state index in [9.17, 15) is 4.79 Å². The van der Waals surface area contributed by atoms with Gasteiger partial charge >= 0.3 is 0 Å². The fourth-order valence-electron chi connectivity index (χ4n) is 2.91. The van der Waals surface area contributed by atoms with Crippen molar-refractivity contribution >= 4 is 5.78 Å². The van der Waals surface area contributed by atoms with Crippen LogP contribution in [0.15, 0.2) is 0 Å². The van der Waals surface area contributed by atoms with Crippen LogP contribution in [-0.4, -0.2) is 5.78 Å². The van der Waals surface area contributed by atoms with Gasteiger partial charge in [-0.3, -0.25) is 4.79 Å². The van der Waals surface area contributed by atoms with Gasteiger partial charge in [0.2, 0.25) is 0 Å². The van der Waals surface area contributed by atoms with Gasteiger partial charge in [0.15, 0.2) is 0 Å². The average molecular weight is 193 g/mol.